The van der Waals surface area contributed by atoms with Crippen molar-refractivity contribution >= 4 is 17.4 Å². The number of nitro groups is 1. The number of aryl methyl sites for hydroxylation is 1. The highest BCUT2D eigenvalue weighted by Gasteiger charge is 2.19. The largest absolute Gasteiger partial charge is 0.366 e. The van der Waals surface area contributed by atoms with E-state index in [-0.39, 0.29) is 17.6 Å². The number of nitrogens with one attached hydrogen (secondary N) is 2. The highest BCUT2D eigenvalue weighted by atomic mass is 16.6. The Morgan fingerprint density at radius 1 is 1.61 bits per heavy atom. The summed E-state index contributed by atoms with van der Waals surface area (Å²) in [6.07, 6.45) is 2.48. The number of carbonyl (C=O) groups excluding carboxylic acids is 1. The minimum absolute atomic E-state index is 0.0116. The number of amides is 1. The van der Waals surface area contributed by atoms with E-state index >= 15 is 0 Å². The van der Waals surface area contributed by atoms with Crippen LogP contribution in [0.4, 0.5) is 11.5 Å². The van der Waals surface area contributed by atoms with E-state index in [0.717, 1.165) is 6.42 Å². The molecule has 0 radical (unpaired) electrons. The molecule has 2 rings (SSSR count). The Morgan fingerprint density at radius 2 is 2.39 bits per heavy atom. The lowest BCUT2D eigenvalue weighted by molar-refractivity contribution is -0.385. The Balaban J connectivity index is 2.04. The van der Waals surface area contributed by atoms with E-state index in [1.165, 1.54) is 6.20 Å². The first-order valence-electron chi connectivity index (χ1n) is 5.70. The van der Waals surface area contributed by atoms with Crippen LogP contribution in [-0.2, 0) is 4.79 Å². The van der Waals surface area contributed by atoms with Crippen molar-refractivity contribution in [3.05, 3.63) is 27.9 Å². The molecule has 1 saturated heterocycles. The van der Waals surface area contributed by atoms with Crippen LogP contribution in [0.15, 0.2) is 12.3 Å². The average molecular weight is 250 g/mol. The molecular weight excluding hydrogens is 236 g/mol. The monoisotopic (exact) mass is 250 g/mol. The Morgan fingerprint density at radius 3 is 2.94 bits per heavy atom. The van der Waals surface area contributed by atoms with Crippen molar-refractivity contribution < 1.29 is 9.72 Å². The van der Waals surface area contributed by atoms with Gasteiger partial charge >= 0.3 is 0 Å². The van der Waals surface area contributed by atoms with Crippen LogP contribution < -0.4 is 10.6 Å². The molecule has 0 aliphatic carbocycles. The van der Waals surface area contributed by atoms with E-state index in [1.807, 2.05) is 0 Å². The summed E-state index contributed by atoms with van der Waals surface area (Å²) in [4.78, 5) is 25.2. The number of hydrogen-bond donors (Lipinski definition) is 2. The van der Waals surface area contributed by atoms with Crippen molar-refractivity contribution in [3.8, 4) is 0 Å². The number of carbonyl (C=O) groups is 1. The molecule has 0 spiro atoms. The fourth-order valence-corrected chi connectivity index (χ4v) is 1.88. The molecule has 96 valence electrons. The smallest absolute Gasteiger partial charge is 0.290 e. The molecule has 1 amide bonds. The van der Waals surface area contributed by atoms with Gasteiger partial charge in [-0.15, -0.1) is 0 Å². The fraction of sp³-hybridized carbons (Fsp3) is 0.455. The van der Waals surface area contributed by atoms with Crippen molar-refractivity contribution in [1.82, 2.24) is 10.3 Å². The lowest BCUT2D eigenvalue weighted by Gasteiger charge is -2.23. The van der Waals surface area contributed by atoms with E-state index in [0.29, 0.717) is 24.3 Å². The summed E-state index contributed by atoms with van der Waals surface area (Å²) in [6, 6.07) is 1.77. The predicted octanol–water partition coefficient (Wildman–Crippen LogP) is 0.989. The lowest BCUT2D eigenvalue weighted by Crippen LogP contribution is -2.42. The molecule has 1 aromatic rings. The maximum absolute atomic E-state index is 11.0. The van der Waals surface area contributed by atoms with Crippen LogP contribution in [0.3, 0.4) is 0 Å². The number of rotatable bonds is 3. The standard InChI is InChI=1S/C11H14N4O3/c1-7-4-10(12-6-9(7)15(17)18)14-8-2-3-11(16)13-5-8/h4,6,8H,2-3,5H2,1H3,(H,12,14)(H,13,16)/t8-/m1/s1. The van der Waals surface area contributed by atoms with Gasteiger partial charge in [-0.1, -0.05) is 0 Å². The van der Waals surface area contributed by atoms with E-state index in [1.54, 1.807) is 13.0 Å². The fourth-order valence-electron chi connectivity index (χ4n) is 1.88. The zero-order valence-corrected chi connectivity index (χ0v) is 9.97. The summed E-state index contributed by atoms with van der Waals surface area (Å²) >= 11 is 0. The molecule has 1 aliphatic heterocycles. The van der Waals surface area contributed by atoms with Gasteiger partial charge in [0.25, 0.3) is 5.69 Å². The second kappa shape index (κ2) is 4.99. The van der Waals surface area contributed by atoms with Gasteiger partial charge in [-0.05, 0) is 19.4 Å². The van der Waals surface area contributed by atoms with Gasteiger partial charge in [0.15, 0.2) is 0 Å². The molecule has 1 aromatic heterocycles. The number of nitrogens with zero attached hydrogens (tertiary/aromatic N) is 2. The summed E-state index contributed by atoms with van der Waals surface area (Å²) in [5.41, 5.74) is 0.579. The van der Waals surface area contributed by atoms with Crippen LogP contribution in [0.2, 0.25) is 0 Å². The number of anilines is 1. The molecule has 1 fully saturated rings. The first-order valence-corrected chi connectivity index (χ1v) is 5.70. The average Bonchev–Trinajstić information content (AvgIpc) is 2.32. The zero-order chi connectivity index (χ0) is 13.1. The normalized spacial score (nSPS) is 19.2. The summed E-state index contributed by atoms with van der Waals surface area (Å²) in [5.74, 6) is 0.653. The molecule has 0 bridgehead atoms. The van der Waals surface area contributed by atoms with Gasteiger partial charge in [0.2, 0.25) is 5.91 Å². The molecule has 2 heterocycles. The maximum Gasteiger partial charge on any atom is 0.290 e. The molecular formula is C11H14N4O3. The second-order valence-corrected chi connectivity index (χ2v) is 4.30. The summed E-state index contributed by atoms with van der Waals surface area (Å²) in [6.45, 7) is 2.23. The lowest BCUT2D eigenvalue weighted by atomic mass is 10.1. The molecule has 1 aliphatic rings. The van der Waals surface area contributed by atoms with Crippen molar-refractivity contribution in [2.45, 2.75) is 25.8 Å². The van der Waals surface area contributed by atoms with Crippen LogP contribution >= 0.6 is 0 Å². The summed E-state index contributed by atoms with van der Waals surface area (Å²) in [7, 11) is 0. The molecule has 2 N–H and O–H groups in total. The van der Waals surface area contributed by atoms with Crippen LogP contribution in [0.25, 0.3) is 0 Å². The Bertz CT molecular complexity index is 479. The predicted molar refractivity (Wildman–Crippen MR) is 65.3 cm³/mol. The molecule has 0 saturated carbocycles. The molecule has 0 unspecified atom stereocenters. The van der Waals surface area contributed by atoms with Crippen LogP contribution in [0.5, 0.6) is 0 Å². The van der Waals surface area contributed by atoms with E-state index in [2.05, 4.69) is 15.6 Å². The zero-order valence-electron chi connectivity index (χ0n) is 9.97. The molecule has 0 aromatic carbocycles. The van der Waals surface area contributed by atoms with Gasteiger partial charge in [0, 0.05) is 24.6 Å². The highest BCUT2D eigenvalue weighted by Crippen LogP contribution is 2.20. The highest BCUT2D eigenvalue weighted by molar-refractivity contribution is 5.77. The number of piperidine rings is 1. The van der Waals surface area contributed by atoms with E-state index < -0.39 is 4.92 Å². The van der Waals surface area contributed by atoms with Crippen LogP contribution in [0.1, 0.15) is 18.4 Å². The molecule has 1 atom stereocenters. The van der Waals surface area contributed by atoms with Crippen LogP contribution in [-0.4, -0.2) is 28.4 Å². The first-order chi connectivity index (χ1) is 8.56. The molecule has 7 nitrogen and oxygen atoms in total. The number of aromatic nitrogens is 1. The van der Waals surface area contributed by atoms with Gasteiger partial charge in [0.1, 0.15) is 12.0 Å². The van der Waals surface area contributed by atoms with Crippen molar-refractivity contribution in [2.75, 3.05) is 11.9 Å². The van der Waals surface area contributed by atoms with Crippen molar-refractivity contribution in [3.63, 3.8) is 0 Å². The van der Waals surface area contributed by atoms with Gasteiger partial charge in [-0.3, -0.25) is 14.9 Å². The van der Waals surface area contributed by atoms with Crippen LogP contribution in [0, 0.1) is 17.0 Å². The first kappa shape index (κ1) is 12.3. The van der Waals surface area contributed by atoms with Gasteiger partial charge in [-0.2, -0.15) is 0 Å². The molecule has 7 heteroatoms. The van der Waals surface area contributed by atoms with Gasteiger partial charge < -0.3 is 10.6 Å². The Hall–Kier alpha value is -2.18. The minimum Gasteiger partial charge on any atom is -0.366 e. The quantitative estimate of drug-likeness (QED) is 0.615. The molecule has 18 heavy (non-hydrogen) atoms. The minimum atomic E-state index is -0.451. The number of pyridine rings is 1. The number of hydrogen-bond acceptors (Lipinski definition) is 5. The van der Waals surface area contributed by atoms with Gasteiger partial charge in [0.05, 0.1) is 4.92 Å². The SMILES string of the molecule is Cc1cc(N[C@@H]2CCC(=O)NC2)ncc1[N+](=O)[O-]. The van der Waals surface area contributed by atoms with E-state index in [9.17, 15) is 14.9 Å². The summed E-state index contributed by atoms with van der Waals surface area (Å²) < 4.78 is 0. The Labute approximate surface area is 104 Å². The Kier molecular flexibility index (Phi) is 3.40. The topological polar surface area (TPSA) is 97.2 Å². The second-order valence-electron chi connectivity index (χ2n) is 4.30. The summed E-state index contributed by atoms with van der Waals surface area (Å²) in [5, 5.41) is 16.6. The third-order valence-corrected chi connectivity index (χ3v) is 2.90. The maximum atomic E-state index is 11.0. The van der Waals surface area contributed by atoms with Gasteiger partial charge in [-0.25, -0.2) is 4.98 Å². The van der Waals surface area contributed by atoms with Crippen molar-refractivity contribution in [2.24, 2.45) is 0 Å². The van der Waals surface area contributed by atoms with Crippen molar-refractivity contribution in [1.29, 1.82) is 0 Å². The third-order valence-electron chi connectivity index (χ3n) is 2.90. The third kappa shape index (κ3) is 2.73. The van der Waals surface area contributed by atoms with E-state index in [4.69, 9.17) is 0 Å².